The second-order valence-electron chi connectivity index (χ2n) is 7.55. The van der Waals surface area contributed by atoms with Gasteiger partial charge in [-0.15, -0.1) is 0 Å². The molecule has 0 saturated heterocycles. The lowest BCUT2D eigenvalue weighted by Crippen LogP contribution is -2.30. The molecule has 0 spiro atoms. The van der Waals surface area contributed by atoms with Crippen LogP contribution in [0.4, 0.5) is 0 Å². The van der Waals surface area contributed by atoms with Gasteiger partial charge in [-0.05, 0) is 59.5 Å². The molecule has 0 aromatic heterocycles. The van der Waals surface area contributed by atoms with Gasteiger partial charge in [0.25, 0.3) is 0 Å². The maximum Gasteiger partial charge on any atom is 0.241 e. The third kappa shape index (κ3) is 6.81. The van der Waals surface area contributed by atoms with Crippen LogP contribution in [0.25, 0.3) is 0 Å². The second-order valence-corrected chi connectivity index (χ2v) is 9.27. The van der Waals surface area contributed by atoms with Crippen LogP contribution in [0.2, 0.25) is 0 Å². The molecular weight excluding hydrogens is 440 g/mol. The van der Waals surface area contributed by atoms with Gasteiger partial charge in [0.1, 0.15) is 11.5 Å². The molecule has 8 heteroatoms. The van der Waals surface area contributed by atoms with Crippen LogP contribution < -0.4 is 19.5 Å². The van der Waals surface area contributed by atoms with E-state index in [1.165, 1.54) is 19.1 Å². The zero-order valence-corrected chi connectivity index (χ0v) is 19.7. The summed E-state index contributed by atoms with van der Waals surface area (Å²) in [5, 5.41) is 2.70. The quantitative estimate of drug-likeness (QED) is 0.474. The number of ether oxygens (including phenoxy) is 2. The first-order valence-electron chi connectivity index (χ1n) is 10.4. The van der Waals surface area contributed by atoms with Gasteiger partial charge >= 0.3 is 0 Å². The molecule has 174 valence electrons. The van der Waals surface area contributed by atoms with E-state index in [0.717, 1.165) is 22.4 Å². The van der Waals surface area contributed by atoms with Crippen molar-refractivity contribution in [3.8, 4) is 11.5 Å². The van der Waals surface area contributed by atoms with Gasteiger partial charge in [0, 0.05) is 13.5 Å². The molecule has 0 heterocycles. The zero-order chi connectivity index (χ0) is 23.8. The number of amides is 1. The van der Waals surface area contributed by atoms with Gasteiger partial charge in [0.2, 0.25) is 15.9 Å². The van der Waals surface area contributed by atoms with Crippen LogP contribution in [0.5, 0.6) is 11.5 Å². The van der Waals surface area contributed by atoms with Crippen molar-refractivity contribution in [2.45, 2.75) is 30.8 Å². The minimum Gasteiger partial charge on any atom is -0.497 e. The van der Waals surface area contributed by atoms with Crippen LogP contribution >= 0.6 is 0 Å². The van der Waals surface area contributed by atoms with Crippen LogP contribution in [0, 0.1) is 0 Å². The minimum atomic E-state index is -3.80. The molecule has 0 aliphatic rings. The molecule has 3 aromatic rings. The SMILES string of the molecule is COc1ccc(C[C@@H](NS(=O)(=O)c2ccc(CNC(C)=O)cc2)c2ccc(OC)cc2)cc1. The monoisotopic (exact) mass is 468 g/mol. The number of carbonyl (C=O) groups excluding carboxylic acids is 1. The summed E-state index contributed by atoms with van der Waals surface area (Å²) in [4.78, 5) is 11.2. The van der Waals surface area contributed by atoms with Crippen molar-refractivity contribution in [3.63, 3.8) is 0 Å². The molecule has 0 aliphatic carbocycles. The fraction of sp³-hybridized carbons (Fsp3) is 0.240. The van der Waals surface area contributed by atoms with E-state index in [-0.39, 0.29) is 10.8 Å². The second kappa shape index (κ2) is 11.0. The standard InChI is InChI=1S/C25H28N2O5S/c1-18(28)26-17-20-6-14-24(15-7-20)33(29,30)27-25(21-8-12-23(32-3)13-9-21)16-19-4-10-22(31-2)11-5-19/h4-15,25,27H,16-17H2,1-3H3,(H,26,28)/t25-/m1/s1. The van der Waals surface area contributed by atoms with E-state index in [1.807, 2.05) is 48.5 Å². The Hall–Kier alpha value is -3.36. The molecule has 0 saturated carbocycles. The molecule has 1 atom stereocenters. The number of benzene rings is 3. The highest BCUT2D eigenvalue weighted by Crippen LogP contribution is 2.25. The normalized spacial score (nSPS) is 12.1. The number of sulfonamides is 1. The third-order valence-electron chi connectivity index (χ3n) is 5.19. The number of hydrogen-bond donors (Lipinski definition) is 2. The van der Waals surface area contributed by atoms with Gasteiger partial charge < -0.3 is 14.8 Å². The highest BCUT2D eigenvalue weighted by molar-refractivity contribution is 7.89. The van der Waals surface area contributed by atoms with Crippen LogP contribution in [0.15, 0.2) is 77.7 Å². The number of hydrogen-bond acceptors (Lipinski definition) is 5. The first-order valence-corrected chi connectivity index (χ1v) is 11.9. The first kappa shape index (κ1) is 24.3. The van der Waals surface area contributed by atoms with Gasteiger partial charge in [0.15, 0.2) is 0 Å². The van der Waals surface area contributed by atoms with E-state index in [9.17, 15) is 13.2 Å². The average molecular weight is 469 g/mol. The molecule has 7 nitrogen and oxygen atoms in total. The Bertz CT molecular complexity index is 1160. The molecule has 2 N–H and O–H groups in total. The smallest absolute Gasteiger partial charge is 0.241 e. The lowest BCUT2D eigenvalue weighted by molar-refractivity contribution is -0.119. The average Bonchev–Trinajstić information content (AvgIpc) is 2.83. The lowest BCUT2D eigenvalue weighted by Gasteiger charge is -2.20. The van der Waals surface area contributed by atoms with Crippen LogP contribution in [-0.4, -0.2) is 28.5 Å². The predicted molar refractivity (Wildman–Crippen MR) is 127 cm³/mol. The predicted octanol–water partition coefficient (Wildman–Crippen LogP) is 3.60. The number of carbonyl (C=O) groups is 1. The summed E-state index contributed by atoms with van der Waals surface area (Å²) in [7, 11) is -0.610. The van der Waals surface area contributed by atoms with E-state index >= 15 is 0 Å². The Balaban J connectivity index is 1.84. The fourth-order valence-electron chi connectivity index (χ4n) is 3.33. The minimum absolute atomic E-state index is 0.144. The van der Waals surface area contributed by atoms with Crippen molar-refractivity contribution in [1.29, 1.82) is 0 Å². The van der Waals surface area contributed by atoms with Crippen molar-refractivity contribution < 1.29 is 22.7 Å². The van der Waals surface area contributed by atoms with Crippen molar-refractivity contribution in [3.05, 3.63) is 89.5 Å². The molecule has 33 heavy (non-hydrogen) atoms. The molecular formula is C25H28N2O5S. The molecule has 0 fully saturated rings. The van der Waals surface area contributed by atoms with Crippen LogP contribution in [-0.2, 0) is 27.8 Å². The summed E-state index contributed by atoms with van der Waals surface area (Å²) in [6, 6.07) is 20.8. The van der Waals surface area contributed by atoms with Gasteiger partial charge in [-0.3, -0.25) is 4.79 Å². The van der Waals surface area contributed by atoms with Crippen molar-refractivity contribution in [2.75, 3.05) is 14.2 Å². The summed E-state index contributed by atoms with van der Waals surface area (Å²) in [5.74, 6) is 1.29. The summed E-state index contributed by atoms with van der Waals surface area (Å²) in [6.45, 7) is 1.78. The summed E-state index contributed by atoms with van der Waals surface area (Å²) < 4.78 is 39.6. The molecule has 0 aliphatic heterocycles. The first-order chi connectivity index (χ1) is 15.8. The molecule has 0 unspecified atom stereocenters. The van der Waals surface area contributed by atoms with E-state index in [4.69, 9.17) is 9.47 Å². The third-order valence-corrected chi connectivity index (χ3v) is 6.68. The Morgan fingerprint density at radius 1 is 0.818 bits per heavy atom. The van der Waals surface area contributed by atoms with Crippen LogP contribution in [0.1, 0.15) is 29.7 Å². The van der Waals surface area contributed by atoms with Crippen molar-refractivity contribution in [2.24, 2.45) is 0 Å². The Labute approximate surface area is 194 Å². The van der Waals surface area contributed by atoms with Crippen LogP contribution in [0.3, 0.4) is 0 Å². The highest BCUT2D eigenvalue weighted by Gasteiger charge is 2.22. The Kier molecular flexibility index (Phi) is 8.08. The van der Waals surface area contributed by atoms with Gasteiger partial charge in [-0.2, -0.15) is 0 Å². The van der Waals surface area contributed by atoms with E-state index in [0.29, 0.717) is 18.7 Å². The Morgan fingerprint density at radius 3 is 1.85 bits per heavy atom. The van der Waals surface area contributed by atoms with Gasteiger partial charge in [0.05, 0.1) is 25.2 Å². The molecule has 3 rings (SSSR count). The van der Waals surface area contributed by atoms with Crippen molar-refractivity contribution >= 4 is 15.9 Å². The van der Waals surface area contributed by atoms with Crippen molar-refractivity contribution in [1.82, 2.24) is 10.0 Å². The number of nitrogens with one attached hydrogen (secondary N) is 2. The van der Waals surface area contributed by atoms with E-state index in [1.54, 1.807) is 26.4 Å². The summed E-state index contributed by atoms with van der Waals surface area (Å²) >= 11 is 0. The molecule has 1 amide bonds. The number of methoxy groups -OCH3 is 2. The largest absolute Gasteiger partial charge is 0.497 e. The lowest BCUT2D eigenvalue weighted by atomic mass is 9.99. The molecule has 0 radical (unpaired) electrons. The van der Waals surface area contributed by atoms with E-state index in [2.05, 4.69) is 10.0 Å². The van der Waals surface area contributed by atoms with Gasteiger partial charge in [-0.25, -0.2) is 13.1 Å². The zero-order valence-electron chi connectivity index (χ0n) is 18.9. The maximum absolute atomic E-state index is 13.2. The van der Waals surface area contributed by atoms with E-state index < -0.39 is 16.1 Å². The molecule has 0 bridgehead atoms. The maximum atomic E-state index is 13.2. The fourth-order valence-corrected chi connectivity index (χ4v) is 4.55. The molecule has 3 aromatic carbocycles. The summed E-state index contributed by atoms with van der Waals surface area (Å²) in [6.07, 6.45) is 0.455. The summed E-state index contributed by atoms with van der Waals surface area (Å²) in [5.41, 5.74) is 2.59. The highest BCUT2D eigenvalue weighted by atomic mass is 32.2. The number of rotatable bonds is 10. The van der Waals surface area contributed by atoms with Gasteiger partial charge in [-0.1, -0.05) is 36.4 Å². The Morgan fingerprint density at radius 2 is 1.33 bits per heavy atom. The topological polar surface area (TPSA) is 93.7 Å².